The quantitative estimate of drug-likeness (QED) is 0.451. The Hall–Kier alpha value is -1.79. The normalized spacial score (nSPS) is 14.8. The van der Waals surface area contributed by atoms with Crippen LogP contribution in [0.4, 0.5) is 0 Å². The Balaban J connectivity index is 1.64. The molecule has 28 heavy (non-hydrogen) atoms. The van der Waals surface area contributed by atoms with Crippen molar-refractivity contribution in [2.24, 2.45) is 5.92 Å². The number of carbonyl (C=O) groups excluding carboxylic acids is 1. The Morgan fingerprint density at radius 3 is 2.68 bits per heavy atom. The summed E-state index contributed by atoms with van der Waals surface area (Å²) in [4.78, 5) is 14.5. The molecule has 1 heterocycles. The molecule has 0 unspecified atom stereocenters. The second kappa shape index (κ2) is 10.1. The van der Waals surface area contributed by atoms with Crippen LogP contribution in [0.3, 0.4) is 0 Å². The molecule has 1 saturated carbocycles. The smallest absolute Gasteiger partial charge is 0.232 e. The molecule has 3 rings (SSSR count). The predicted octanol–water partition coefficient (Wildman–Crippen LogP) is 4.92. The van der Waals surface area contributed by atoms with Crippen LogP contribution in [0.15, 0.2) is 42.1 Å². The summed E-state index contributed by atoms with van der Waals surface area (Å²) in [5, 5.41) is 10.0. The summed E-state index contributed by atoms with van der Waals surface area (Å²) in [5.74, 6) is 1.89. The summed E-state index contributed by atoms with van der Waals surface area (Å²) in [6.45, 7) is 5.27. The summed E-state index contributed by atoms with van der Waals surface area (Å²) in [7, 11) is 1.91. The molecule has 0 bridgehead atoms. The van der Waals surface area contributed by atoms with Gasteiger partial charge in [0.1, 0.15) is 0 Å². The minimum absolute atomic E-state index is 0.136. The molecule has 1 aromatic carbocycles. The number of allylic oxidation sites excluding steroid dienone is 1. The monoisotopic (exact) mass is 418 g/mol. The lowest BCUT2D eigenvalue weighted by Crippen LogP contribution is -2.33. The first-order valence-electron chi connectivity index (χ1n) is 9.75. The molecule has 5 nitrogen and oxygen atoms in total. The van der Waals surface area contributed by atoms with Crippen molar-refractivity contribution in [3.63, 3.8) is 0 Å². The van der Waals surface area contributed by atoms with Crippen molar-refractivity contribution >= 4 is 29.3 Å². The van der Waals surface area contributed by atoms with Crippen LogP contribution in [0.2, 0.25) is 5.02 Å². The Labute approximate surface area is 176 Å². The lowest BCUT2D eigenvalue weighted by atomic mass is 9.89. The molecule has 1 aromatic heterocycles. The Bertz CT molecular complexity index is 799. The number of aromatic nitrogens is 3. The number of nitrogens with zero attached hydrogens (tertiary/aromatic N) is 4. The number of amides is 1. The summed E-state index contributed by atoms with van der Waals surface area (Å²) in [5.41, 5.74) is 0.936. The van der Waals surface area contributed by atoms with Gasteiger partial charge in [-0.2, -0.15) is 0 Å². The molecule has 0 atom stereocenters. The molecule has 2 aromatic rings. The van der Waals surface area contributed by atoms with Crippen LogP contribution in [0, 0.1) is 5.92 Å². The van der Waals surface area contributed by atoms with Crippen molar-refractivity contribution in [2.75, 3.05) is 19.3 Å². The van der Waals surface area contributed by atoms with Gasteiger partial charge in [-0.05, 0) is 43.0 Å². The summed E-state index contributed by atoms with van der Waals surface area (Å²) in [6, 6.07) is 7.51. The summed E-state index contributed by atoms with van der Waals surface area (Å²) in [6.07, 6.45) is 8.20. The highest BCUT2D eigenvalue weighted by Gasteiger charge is 2.20. The average molecular weight is 419 g/mol. The van der Waals surface area contributed by atoms with Crippen molar-refractivity contribution in [3.8, 4) is 11.4 Å². The van der Waals surface area contributed by atoms with Crippen LogP contribution < -0.4 is 0 Å². The molecule has 0 saturated heterocycles. The van der Waals surface area contributed by atoms with Gasteiger partial charge < -0.3 is 4.90 Å². The molecule has 7 heteroatoms. The number of halogens is 1. The Kier molecular flexibility index (Phi) is 7.57. The number of benzene rings is 1. The van der Waals surface area contributed by atoms with Gasteiger partial charge in [-0.15, -0.1) is 16.8 Å². The molecule has 1 fully saturated rings. The third-order valence-corrected chi connectivity index (χ3v) is 6.34. The van der Waals surface area contributed by atoms with Gasteiger partial charge >= 0.3 is 0 Å². The Morgan fingerprint density at radius 1 is 1.29 bits per heavy atom. The van der Waals surface area contributed by atoms with E-state index in [1.54, 1.807) is 0 Å². The fourth-order valence-corrected chi connectivity index (χ4v) is 4.61. The van der Waals surface area contributed by atoms with Crippen LogP contribution in [-0.2, 0) is 11.3 Å². The van der Waals surface area contributed by atoms with E-state index in [1.807, 2.05) is 46.9 Å². The van der Waals surface area contributed by atoms with E-state index in [0.29, 0.717) is 23.2 Å². The van der Waals surface area contributed by atoms with Gasteiger partial charge in [0.25, 0.3) is 0 Å². The maximum Gasteiger partial charge on any atom is 0.232 e. The molecule has 0 aliphatic heterocycles. The minimum atomic E-state index is 0.136. The van der Waals surface area contributed by atoms with Crippen LogP contribution in [0.25, 0.3) is 11.4 Å². The molecule has 0 radical (unpaired) electrons. The van der Waals surface area contributed by atoms with E-state index < -0.39 is 0 Å². The zero-order valence-electron chi connectivity index (χ0n) is 16.3. The van der Waals surface area contributed by atoms with Crippen LogP contribution >= 0.6 is 23.4 Å². The van der Waals surface area contributed by atoms with Crippen LogP contribution in [-0.4, -0.2) is 44.9 Å². The number of hydrogen-bond donors (Lipinski definition) is 0. The first-order chi connectivity index (χ1) is 13.6. The molecule has 1 amide bonds. The SMILES string of the molecule is C=CCn1c(SCC(=O)N(C)CC2CCCCC2)nnc1-c1ccc(Cl)cc1. The second-order valence-electron chi connectivity index (χ2n) is 7.28. The first-order valence-corrected chi connectivity index (χ1v) is 11.1. The standard InChI is InChI=1S/C21H27ClN4OS/c1-3-13-26-20(17-9-11-18(22)12-10-17)23-24-21(26)28-15-19(27)25(2)14-16-7-5-4-6-8-16/h3,9-12,16H,1,4-8,13-15H2,2H3. The van der Waals surface area contributed by atoms with Gasteiger partial charge in [-0.25, -0.2) is 0 Å². The maximum absolute atomic E-state index is 12.6. The number of rotatable bonds is 8. The molecule has 0 spiro atoms. The fraction of sp³-hybridized carbons (Fsp3) is 0.476. The first kappa shape index (κ1) is 20.9. The number of thioether (sulfide) groups is 1. The van der Waals surface area contributed by atoms with Gasteiger partial charge in [0.15, 0.2) is 11.0 Å². The van der Waals surface area contributed by atoms with E-state index in [2.05, 4.69) is 16.8 Å². The van der Waals surface area contributed by atoms with Gasteiger partial charge in [-0.3, -0.25) is 9.36 Å². The zero-order chi connectivity index (χ0) is 19.9. The predicted molar refractivity (Wildman–Crippen MR) is 116 cm³/mol. The molecule has 1 aliphatic rings. The lowest BCUT2D eigenvalue weighted by Gasteiger charge is -2.27. The van der Waals surface area contributed by atoms with E-state index in [0.717, 1.165) is 23.1 Å². The molecule has 0 N–H and O–H groups in total. The largest absolute Gasteiger partial charge is 0.345 e. The highest BCUT2D eigenvalue weighted by atomic mass is 35.5. The average Bonchev–Trinajstić information content (AvgIpc) is 3.10. The zero-order valence-corrected chi connectivity index (χ0v) is 17.9. The van der Waals surface area contributed by atoms with Crippen molar-refractivity contribution in [1.29, 1.82) is 0 Å². The Morgan fingerprint density at radius 2 is 2.00 bits per heavy atom. The van der Waals surface area contributed by atoms with E-state index >= 15 is 0 Å². The minimum Gasteiger partial charge on any atom is -0.345 e. The molecular weight excluding hydrogens is 392 g/mol. The maximum atomic E-state index is 12.6. The van der Waals surface area contributed by atoms with Gasteiger partial charge in [0.2, 0.25) is 5.91 Å². The van der Waals surface area contributed by atoms with Gasteiger partial charge in [0, 0.05) is 30.7 Å². The lowest BCUT2D eigenvalue weighted by molar-refractivity contribution is -0.127. The third kappa shape index (κ3) is 5.39. The van der Waals surface area contributed by atoms with Gasteiger partial charge in [0.05, 0.1) is 5.75 Å². The molecule has 150 valence electrons. The van der Waals surface area contributed by atoms with E-state index in [1.165, 1.54) is 43.9 Å². The topological polar surface area (TPSA) is 51.0 Å². The van der Waals surface area contributed by atoms with Crippen molar-refractivity contribution < 1.29 is 4.79 Å². The number of carbonyl (C=O) groups is 1. The van der Waals surface area contributed by atoms with E-state index in [9.17, 15) is 4.79 Å². The van der Waals surface area contributed by atoms with Crippen LogP contribution in [0.5, 0.6) is 0 Å². The highest BCUT2D eigenvalue weighted by molar-refractivity contribution is 7.99. The van der Waals surface area contributed by atoms with Crippen molar-refractivity contribution in [3.05, 3.63) is 41.9 Å². The van der Waals surface area contributed by atoms with Crippen molar-refractivity contribution in [1.82, 2.24) is 19.7 Å². The summed E-state index contributed by atoms with van der Waals surface area (Å²) >= 11 is 7.41. The van der Waals surface area contributed by atoms with E-state index in [-0.39, 0.29) is 5.91 Å². The fourth-order valence-electron chi connectivity index (χ4n) is 3.60. The van der Waals surface area contributed by atoms with Crippen LogP contribution in [0.1, 0.15) is 32.1 Å². The van der Waals surface area contributed by atoms with Gasteiger partial charge in [-0.1, -0.05) is 48.7 Å². The molecule has 1 aliphatic carbocycles. The highest BCUT2D eigenvalue weighted by Crippen LogP contribution is 2.27. The second-order valence-corrected chi connectivity index (χ2v) is 8.66. The van der Waals surface area contributed by atoms with E-state index in [4.69, 9.17) is 11.6 Å². The molecular formula is C21H27ClN4OS. The summed E-state index contributed by atoms with van der Waals surface area (Å²) < 4.78 is 1.98. The number of hydrogen-bond acceptors (Lipinski definition) is 4. The third-order valence-electron chi connectivity index (χ3n) is 5.14. The van der Waals surface area contributed by atoms with Crippen molar-refractivity contribution in [2.45, 2.75) is 43.8 Å².